The maximum Gasteiger partial charge on any atom is 0.303 e. The van der Waals surface area contributed by atoms with Crippen molar-refractivity contribution < 1.29 is 13.8 Å². The molecule has 0 atom stereocenters. The first-order chi connectivity index (χ1) is 5.73. The predicted octanol–water partition coefficient (Wildman–Crippen LogP) is 2.06. The molecule has 0 bridgehead atoms. The summed E-state index contributed by atoms with van der Waals surface area (Å²) in [6, 6.07) is 0. The molecule has 4 nitrogen and oxygen atoms in total. The molecule has 1 rings (SSSR count). The average molecular weight is 292 g/mol. The topological polar surface area (TPSA) is 38.8 Å². The van der Waals surface area contributed by atoms with Crippen molar-refractivity contribution in [3.05, 3.63) is 0 Å². The molecule has 0 aromatic heterocycles. The zero-order chi connectivity index (χ0) is 9.03. The van der Waals surface area contributed by atoms with Gasteiger partial charge < -0.3 is 9.05 Å². The second kappa shape index (κ2) is 4.93. The lowest BCUT2D eigenvalue weighted by Gasteiger charge is -2.30. The van der Waals surface area contributed by atoms with Gasteiger partial charge in [0.1, 0.15) is 0 Å². The van der Waals surface area contributed by atoms with Gasteiger partial charge in [-0.25, -0.2) is 4.08 Å². The molecule has 8 heteroatoms. The molecular formula is C4H7BrNO3PS2. The van der Waals surface area contributed by atoms with Crippen molar-refractivity contribution in [2.45, 2.75) is 6.42 Å². The van der Waals surface area contributed by atoms with Crippen LogP contribution in [0.1, 0.15) is 6.42 Å². The van der Waals surface area contributed by atoms with Gasteiger partial charge in [-0.15, -0.1) is 0 Å². The third-order valence-corrected chi connectivity index (χ3v) is 6.99. The molecule has 1 saturated heterocycles. The lowest BCUT2D eigenvalue weighted by molar-refractivity contribution is -0.111. The number of carbonyl (C=O) groups is 1. The lowest BCUT2D eigenvalue weighted by Crippen LogP contribution is -2.18. The van der Waals surface area contributed by atoms with Gasteiger partial charge in [0, 0.05) is 25.2 Å². The smallest absolute Gasteiger partial charge is 0.303 e. The summed E-state index contributed by atoms with van der Waals surface area (Å²) >= 11 is 8.14. The van der Waals surface area contributed by atoms with Crippen molar-refractivity contribution in [3.8, 4) is 0 Å². The number of carbonyl (C=O) groups excluding carboxylic acids is 1. The maximum absolute atomic E-state index is 10.5. The van der Waals surface area contributed by atoms with Gasteiger partial charge in [-0.05, 0) is 18.2 Å². The Morgan fingerprint density at radius 3 is 2.58 bits per heavy atom. The van der Waals surface area contributed by atoms with Crippen LogP contribution in [0.5, 0.6) is 0 Å². The molecule has 1 heterocycles. The molecule has 70 valence electrons. The van der Waals surface area contributed by atoms with Gasteiger partial charge in [0.2, 0.25) is 6.41 Å². The first-order valence-electron chi connectivity index (χ1n) is 3.16. The first kappa shape index (κ1) is 10.9. The summed E-state index contributed by atoms with van der Waals surface area (Å²) in [5, 5.41) is 0. The Labute approximate surface area is 87.5 Å². The summed E-state index contributed by atoms with van der Waals surface area (Å²) in [4.78, 5) is 10.5. The Kier molecular flexibility index (Phi) is 4.50. The van der Waals surface area contributed by atoms with Crippen LogP contribution in [0.25, 0.3) is 0 Å². The average Bonchev–Trinajstić information content (AvgIpc) is 2.07. The quantitative estimate of drug-likeness (QED) is 0.452. The molecular weight excluding hydrogens is 285 g/mol. The SMILES string of the molecule is O=CN(SBr)P1(=S)OCCCO1. The van der Waals surface area contributed by atoms with Gasteiger partial charge in [-0.2, -0.15) is 0 Å². The fourth-order valence-electron chi connectivity index (χ4n) is 0.682. The molecule has 1 aliphatic rings. The number of nitrogens with zero attached hydrogens (tertiary/aromatic N) is 1. The third kappa shape index (κ3) is 2.43. The summed E-state index contributed by atoms with van der Waals surface area (Å²) in [6.07, 6.45) is 1.45. The zero-order valence-electron chi connectivity index (χ0n) is 6.01. The predicted molar refractivity (Wildman–Crippen MR) is 55.2 cm³/mol. The summed E-state index contributed by atoms with van der Waals surface area (Å²) in [7, 11) is 1.05. The van der Waals surface area contributed by atoms with E-state index >= 15 is 0 Å². The molecule has 0 aromatic carbocycles. The highest BCUT2D eigenvalue weighted by molar-refractivity contribution is 9.50. The molecule has 1 fully saturated rings. The fraction of sp³-hybridized carbons (Fsp3) is 0.750. The molecule has 0 aromatic rings. The van der Waals surface area contributed by atoms with Gasteiger partial charge >= 0.3 is 6.64 Å². The van der Waals surface area contributed by atoms with Gasteiger partial charge in [-0.1, -0.05) is 0 Å². The highest BCUT2D eigenvalue weighted by atomic mass is 79.9. The van der Waals surface area contributed by atoms with E-state index in [9.17, 15) is 4.79 Å². The van der Waals surface area contributed by atoms with Crippen molar-refractivity contribution in [3.63, 3.8) is 0 Å². The number of rotatable bonds is 3. The van der Waals surface area contributed by atoms with E-state index in [1.54, 1.807) is 0 Å². The van der Waals surface area contributed by atoms with Crippen LogP contribution >= 0.6 is 31.8 Å². The number of halogens is 1. The maximum atomic E-state index is 10.5. The zero-order valence-corrected chi connectivity index (χ0v) is 10.1. The number of amides is 1. The monoisotopic (exact) mass is 291 g/mol. The van der Waals surface area contributed by atoms with Crippen molar-refractivity contribution >= 4 is 50.1 Å². The number of hydrogen-bond donors (Lipinski definition) is 0. The molecule has 0 saturated carbocycles. The highest BCUT2D eigenvalue weighted by Gasteiger charge is 2.30. The van der Waals surface area contributed by atoms with Crippen LogP contribution < -0.4 is 0 Å². The molecule has 1 amide bonds. The summed E-state index contributed by atoms with van der Waals surface area (Å²) < 4.78 is 11.8. The minimum Gasteiger partial charge on any atom is -0.313 e. The molecule has 12 heavy (non-hydrogen) atoms. The van der Waals surface area contributed by atoms with Gasteiger partial charge in [-0.3, -0.25) is 4.79 Å². The minimum absolute atomic E-state index is 0.565. The van der Waals surface area contributed by atoms with Crippen molar-refractivity contribution in [1.82, 2.24) is 4.08 Å². The second-order valence-corrected chi connectivity index (χ2v) is 6.90. The highest BCUT2D eigenvalue weighted by Crippen LogP contribution is 2.57. The van der Waals surface area contributed by atoms with Crippen molar-refractivity contribution in [1.29, 1.82) is 0 Å². The fourth-order valence-corrected chi connectivity index (χ4v) is 5.81. The number of hydrogen-bond acceptors (Lipinski definition) is 5. The molecule has 0 spiro atoms. The molecule has 0 aliphatic carbocycles. The second-order valence-electron chi connectivity index (χ2n) is 1.97. The Morgan fingerprint density at radius 1 is 1.58 bits per heavy atom. The first-order valence-corrected chi connectivity index (χ1v) is 8.36. The van der Waals surface area contributed by atoms with Crippen LogP contribution in [0.2, 0.25) is 0 Å². The van der Waals surface area contributed by atoms with E-state index in [4.69, 9.17) is 20.9 Å². The van der Waals surface area contributed by atoms with Crippen LogP contribution in [0.4, 0.5) is 0 Å². The van der Waals surface area contributed by atoms with Crippen molar-refractivity contribution in [2.24, 2.45) is 0 Å². The van der Waals surface area contributed by atoms with E-state index in [-0.39, 0.29) is 0 Å². The van der Waals surface area contributed by atoms with Gasteiger partial charge in [0.05, 0.1) is 13.2 Å². The minimum atomic E-state index is -2.51. The van der Waals surface area contributed by atoms with Crippen molar-refractivity contribution in [2.75, 3.05) is 13.2 Å². The third-order valence-electron chi connectivity index (χ3n) is 1.20. The van der Waals surface area contributed by atoms with Crippen LogP contribution in [-0.4, -0.2) is 23.7 Å². The summed E-state index contributed by atoms with van der Waals surface area (Å²) in [6.45, 7) is -1.38. The largest absolute Gasteiger partial charge is 0.313 e. The van der Waals surface area contributed by atoms with Crippen LogP contribution in [0.3, 0.4) is 0 Å². The van der Waals surface area contributed by atoms with Gasteiger partial charge in [0.15, 0.2) is 0 Å². The lowest BCUT2D eigenvalue weighted by atomic mass is 10.5. The summed E-state index contributed by atoms with van der Waals surface area (Å²) in [5.41, 5.74) is 0. The summed E-state index contributed by atoms with van der Waals surface area (Å²) in [5.74, 6) is 0. The Hall–Kier alpha value is 0.870. The van der Waals surface area contributed by atoms with E-state index in [1.165, 1.54) is 4.08 Å². The van der Waals surface area contributed by atoms with E-state index in [0.717, 1.165) is 16.8 Å². The van der Waals surface area contributed by atoms with E-state index in [0.29, 0.717) is 19.6 Å². The van der Waals surface area contributed by atoms with E-state index in [2.05, 4.69) is 14.8 Å². The Balaban J connectivity index is 2.67. The Bertz CT molecular complexity index is 206. The van der Waals surface area contributed by atoms with E-state index < -0.39 is 6.64 Å². The normalized spacial score (nSPS) is 21.8. The van der Waals surface area contributed by atoms with E-state index in [1.807, 2.05) is 0 Å². The molecule has 1 aliphatic heterocycles. The van der Waals surface area contributed by atoms with Crippen LogP contribution in [0, 0.1) is 0 Å². The van der Waals surface area contributed by atoms with Gasteiger partial charge in [0.25, 0.3) is 0 Å². The molecule has 0 unspecified atom stereocenters. The molecule has 0 radical (unpaired) electrons. The Morgan fingerprint density at radius 2 is 2.17 bits per heavy atom. The van der Waals surface area contributed by atoms with Crippen LogP contribution in [-0.2, 0) is 25.6 Å². The van der Waals surface area contributed by atoms with Crippen LogP contribution in [0.15, 0.2) is 0 Å². The standard InChI is InChI=1S/C4H7BrNO3PS2/c5-12-6(4-7)10(11)8-2-1-3-9-10/h4H,1-3H2. The molecule has 0 N–H and O–H groups in total.